The molecular weight excluding hydrogens is 216 g/mol. The highest BCUT2D eigenvalue weighted by molar-refractivity contribution is 7.89. The predicted octanol–water partition coefficient (Wildman–Crippen LogP) is 0.415. The molecule has 1 saturated carbocycles. The van der Waals surface area contributed by atoms with E-state index in [0.717, 1.165) is 12.8 Å². The van der Waals surface area contributed by atoms with Gasteiger partial charge in [-0.2, -0.15) is 0 Å². The maximum absolute atomic E-state index is 11.7. The van der Waals surface area contributed by atoms with Gasteiger partial charge in [0, 0.05) is 6.04 Å². The van der Waals surface area contributed by atoms with Crippen LogP contribution in [0.25, 0.3) is 0 Å². The molecule has 1 aliphatic rings. The average molecular weight is 228 g/mol. The Morgan fingerprint density at radius 3 is 2.60 bits per heavy atom. The van der Waals surface area contributed by atoms with Gasteiger partial charge in [-0.3, -0.25) is 0 Å². The van der Waals surface area contributed by atoms with E-state index in [9.17, 15) is 8.42 Å². The van der Waals surface area contributed by atoms with Crippen LogP contribution in [0.1, 0.15) is 12.8 Å². The van der Waals surface area contributed by atoms with Gasteiger partial charge in [0.05, 0.1) is 10.6 Å². The van der Waals surface area contributed by atoms with Gasteiger partial charge in [-0.25, -0.2) is 13.1 Å². The van der Waals surface area contributed by atoms with E-state index < -0.39 is 10.0 Å². The summed E-state index contributed by atoms with van der Waals surface area (Å²) in [6.07, 6.45) is 1.76. The molecule has 0 saturated heterocycles. The lowest BCUT2D eigenvalue weighted by Crippen LogP contribution is -2.25. The van der Waals surface area contributed by atoms with Crippen LogP contribution in [0.5, 0.6) is 5.75 Å². The number of benzene rings is 1. The number of phenols is 1. The van der Waals surface area contributed by atoms with Gasteiger partial charge in [-0.05, 0) is 31.0 Å². The van der Waals surface area contributed by atoms with Crippen LogP contribution in [0.15, 0.2) is 23.1 Å². The summed E-state index contributed by atoms with van der Waals surface area (Å²) in [4.78, 5) is 0.0877. The molecule has 0 unspecified atom stereocenters. The van der Waals surface area contributed by atoms with E-state index >= 15 is 0 Å². The number of rotatable bonds is 3. The van der Waals surface area contributed by atoms with E-state index in [1.807, 2.05) is 0 Å². The van der Waals surface area contributed by atoms with Gasteiger partial charge in [-0.1, -0.05) is 0 Å². The summed E-state index contributed by atoms with van der Waals surface area (Å²) >= 11 is 0. The van der Waals surface area contributed by atoms with Crippen molar-refractivity contribution in [3.63, 3.8) is 0 Å². The minimum Gasteiger partial charge on any atom is -0.506 e. The van der Waals surface area contributed by atoms with Crippen molar-refractivity contribution in [2.45, 2.75) is 23.8 Å². The highest BCUT2D eigenvalue weighted by Gasteiger charge is 2.28. The summed E-state index contributed by atoms with van der Waals surface area (Å²) in [7, 11) is -3.48. The largest absolute Gasteiger partial charge is 0.506 e. The molecule has 6 heteroatoms. The lowest BCUT2D eigenvalue weighted by atomic mass is 10.3. The van der Waals surface area contributed by atoms with Gasteiger partial charge < -0.3 is 10.8 Å². The van der Waals surface area contributed by atoms with Crippen LogP contribution in [0.4, 0.5) is 5.69 Å². The van der Waals surface area contributed by atoms with Gasteiger partial charge in [0.25, 0.3) is 0 Å². The van der Waals surface area contributed by atoms with Gasteiger partial charge >= 0.3 is 0 Å². The van der Waals surface area contributed by atoms with Crippen molar-refractivity contribution >= 4 is 15.7 Å². The molecule has 2 rings (SSSR count). The standard InChI is InChI=1S/C9H12N2O3S/c10-8-5-7(3-4-9(8)12)15(13,14)11-6-1-2-6/h3-6,11-12H,1-2,10H2. The summed E-state index contributed by atoms with van der Waals surface area (Å²) in [6, 6.07) is 3.91. The molecule has 1 aromatic rings. The summed E-state index contributed by atoms with van der Waals surface area (Å²) in [5.74, 6) is -0.111. The number of hydrogen-bond donors (Lipinski definition) is 3. The van der Waals surface area contributed by atoms with Gasteiger partial charge in [0.1, 0.15) is 5.75 Å². The van der Waals surface area contributed by atoms with Crippen molar-refractivity contribution in [3.8, 4) is 5.75 Å². The molecule has 0 heterocycles. The Kier molecular flexibility index (Phi) is 2.32. The molecule has 4 N–H and O–H groups in total. The second-order valence-electron chi connectivity index (χ2n) is 3.62. The first-order valence-corrected chi connectivity index (χ1v) is 6.08. The number of hydrogen-bond acceptors (Lipinski definition) is 4. The maximum atomic E-state index is 11.7. The molecule has 1 fully saturated rings. The van der Waals surface area contributed by atoms with Crippen LogP contribution >= 0.6 is 0 Å². The van der Waals surface area contributed by atoms with Crippen molar-refractivity contribution in [2.24, 2.45) is 0 Å². The molecule has 0 bridgehead atoms. The van der Waals surface area contributed by atoms with E-state index in [2.05, 4.69) is 4.72 Å². The Labute approximate surface area is 88.0 Å². The zero-order valence-electron chi connectivity index (χ0n) is 7.97. The normalized spacial score (nSPS) is 16.5. The third kappa shape index (κ3) is 2.21. The molecule has 0 atom stereocenters. The van der Waals surface area contributed by atoms with Crippen molar-refractivity contribution in [1.29, 1.82) is 0 Å². The van der Waals surface area contributed by atoms with Crippen LogP contribution < -0.4 is 10.5 Å². The van der Waals surface area contributed by atoms with Crippen LogP contribution in [0.3, 0.4) is 0 Å². The number of phenolic OH excluding ortho intramolecular Hbond substituents is 1. The lowest BCUT2D eigenvalue weighted by molar-refractivity contribution is 0.477. The summed E-state index contributed by atoms with van der Waals surface area (Å²) in [5, 5.41) is 9.16. The molecule has 82 valence electrons. The van der Waals surface area contributed by atoms with E-state index in [-0.39, 0.29) is 22.4 Å². The number of anilines is 1. The van der Waals surface area contributed by atoms with Crippen molar-refractivity contribution in [1.82, 2.24) is 4.72 Å². The van der Waals surface area contributed by atoms with Crippen LogP contribution in [-0.2, 0) is 10.0 Å². The Bertz CT molecular complexity index is 480. The summed E-state index contributed by atoms with van der Waals surface area (Å²) in [6.45, 7) is 0. The van der Waals surface area contributed by atoms with E-state index in [1.165, 1.54) is 18.2 Å². The molecule has 1 aliphatic carbocycles. The highest BCUT2D eigenvalue weighted by atomic mass is 32.2. The first-order valence-electron chi connectivity index (χ1n) is 4.60. The minimum absolute atomic E-state index is 0.0602. The van der Waals surface area contributed by atoms with Gasteiger partial charge in [0.15, 0.2) is 0 Å². The van der Waals surface area contributed by atoms with Crippen LogP contribution in [0.2, 0.25) is 0 Å². The summed E-state index contributed by atoms with van der Waals surface area (Å²) < 4.78 is 25.9. The molecule has 0 aliphatic heterocycles. The van der Waals surface area contributed by atoms with Crippen molar-refractivity contribution in [3.05, 3.63) is 18.2 Å². The molecule has 15 heavy (non-hydrogen) atoms. The number of aromatic hydroxyl groups is 1. The zero-order valence-corrected chi connectivity index (χ0v) is 8.79. The quantitative estimate of drug-likeness (QED) is 0.516. The monoisotopic (exact) mass is 228 g/mol. The zero-order chi connectivity index (χ0) is 11.1. The van der Waals surface area contributed by atoms with Crippen molar-refractivity contribution in [2.75, 3.05) is 5.73 Å². The van der Waals surface area contributed by atoms with E-state index in [0.29, 0.717) is 0 Å². The van der Waals surface area contributed by atoms with E-state index in [1.54, 1.807) is 0 Å². The fraction of sp³-hybridized carbons (Fsp3) is 0.333. The van der Waals surface area contributed by atoms with Crippen LogP contribution in [-0.4, -0.2) is 19.6 Å². The Hall–Kier alpha value is -1.27. The first kappa shape index (κ1) is 10.3. The molecule has 1 aromatic carbocycles. The number of sulfonamides is 1. The van der Waals surface area contributed by atoms with Crippen molar-refractivity contribution < 1.29 is 13.5 Å². The Morgan fingerprint density at radius 2 is 2.07 bits per heavy atom. The molecule has 5 nitrogen and oxygen atoms in total. The fourth-order valence-electron chi connectivity index (χ4n) is 1.19. The second kappa shape index (κ2) is 3.39. The lowest BCUT2D eigenvalue weighted by Gasteiger charge is -2.06. The molecular formula is C9H12N2O3S. The van der Waals surface area contributed by atoms with Gasteiger partial charge in [-0.15, -0.1) is 0 Å². The topological polar surface area (TPSA) is 92.4 Å². The number of nitrogen functional groups attached to an aromatic ring is 1. The molecule has 0 spiro atoms. The van der Waals surface area contributed by atoms with Crippen LogP contribution in [0, 0.1) is 0 Å². The smallest absolute Gasteiger partial charge is 0.240 e. The highest BCUT2D eigenvalue weighted by Crippen LogP contribution is 2.26. The predicted molar refractivity (Wildman–Crippen MR) is 55.9 cm³/mol. The fourth-order valence-corrected chi connectivity index (χ4v) is 2.53. The molecule has 0 amide bonds. The maximum Gasteiger partial charge on any atom is 0.240 e. The SMILES string of the molecule is Nc1cc(S(=O)(=O)NC2CC2)ccc1O. The Balaban J connectivity index is 2.31. The molecule has 0 aromatic heterocycles. The van der Waals surface area contributed by atoms with E-state index in [4.69, 9.17) is 10.8 Å². The minimum atomic E-state index is -3.48. The Morgan fingerprint density at radius 1 is 1.40 bits per heavy atom. The molecule has 0 radical (unpaired) electrons. The summed E-state index contributed by atoms with van der Waals surface area (Å²) in [5.41, 5.74) is 5.49. The first-order chi connectivity index (χ1) is 6.99. The number of nitrogens with one attached hydrogen (secondary N) is 1. The third-order valence-corrected chi connectivity index (χ3v) is 3.73. The second-order valence-corrected chi connectivity index (χ2v) is 5.33. The average Bonchev–Trinajstić information content (AvgIpc) is 2.92. The van der Waals surface area contributed by atoms with Gasteiger partial charge in [0.2, 0.25) is 10.0 Å². The number of nitrogens with two attached hydrogens (primary N) is 1. The third-order valence-electron chi connectivity index (χ3n) is 2.21.